The first-order valence-corrected chi connectivity index (χ1v) is 6.14. The summed E-state index contributed by atoms with van der Waals surface area (Å²) < 4.78 is 0. The van der Waals surface area contributed by atoms with Crippen molar-refractivity contribution in [3.05, 3.63) is 0 Å². The van der Waals surface area contributed by atoms with Gasteiger partial charge in [0.2, 0.25) is 0 Å². The molecule has 0 heterocycles. The van der Waals surface area contributed by atoms with Crippen LogP contribution in [-0.2, 0) is 19.4 Å². The van der Waals surface area contributed by atoms with Crippen LogP contribution in [0, 0.1) is 11.8 Å². The summed E-state index contributed by atoms with van der Waals surface area (Å²) in [5, 5.41) is 0. The highest BCUT2D eigenvalue weighted by molar-refractivity contribution is 5.73. The zero-order chi connectivity index (χ0) is 11.4. The summed E-state index contributed by atoms with van der Waals surface area (Å²) in [6, 6.07) is 0. The first-order valence-electron chi connectivity index (χ1n) is 6.14. The second kappa shape index (κ2) is 5.32. The highest BCUT2D eigenvalue weighted by atomic mass is 17.2. The van der Waals surface area contributed by atoms with Crippen molar-refractivity contribution >= 4 is 11.9 Å². The molecule has 0 N–H and O–H groups in total. The van der Waals surface area contributed by atoms with Crippen LogP contribution in [0.4, 0.5) is 0 Å². The molecule has 0 atom stereocenters. The van der Waals surface area contributed by atoms with Gasteiger partial charge in [-0.1, -0.05) is 12.8 Å². The highest BCUT2D eigenvalue weighted by Gasteiger charge is 2.25. The number of carbonyl (C=O) groups is 2. The van der Waals surface area contributed by atoms with Gasteiger partial charge in [-0.25, -0.2) is 19.4 Å². The molecule has 0 amide bonds. The van der Waals surface area contributed by atoms with Crippen molar-refractivity contribution in [1.29, 1.82) is 0 Å². The molecule has 2 rings (SSSR count). The molecular formula is C12H18O4. The Bertz CT molecular complexity index is 238. The van der Waals surface area contributed by atoms with Gasteiger partial charge in [0.1, 0.15) is 0 Å². The van der Waals surface area contributed by atoms with E-state index in [1.54, 1.807) is 0 Å². The minimum absolute atomic E-state index is 0.386. The monoisotopic (exact) mass is 226 g/mol. The number of rotatable bonds is 4. The maximum absolute atomic E-state index is 11.2. The number of hydrogen-bond donors (Lipinski definition) is 0. The molecule has 2 saturated carbocycles. The van der Waals surface area contributed by atoms with Crippen LogP contribution in [0.3, 0.4) is 0 Å². The molecule has 0 aromatic rings. The Kier molecular flexibility index (Phi) is 3.80. The number of hydrogen-bond acceptors (Lipinski definition) is 4. The quantitative estimate of drug-likeness (QED) is 0.545. The molecule has 4 heteroatoms. The molecule has 90 valence electrons. The van der Waals surface area contributed by atoms with Gasteiger partial charge in [-0.2, -0.15) is 0 Å². The van der Waals surface area contributed by atoms with E-state index in [0.717, 1.165) is 25.7 Å². The van der Waals surface area contributed by atoms with Gasteiger partial charge >= 0.3 is 11.9 Å². The van der Waals surface area contributed by atoms with E-state index in [4.69, 9.17) is 0 Å². The predicted molar refractivity (Wildman–Crippen MR) is 56.1 cm³/mol. The van der Waals surface area contributed by atoms with Crippen LogP contribution in [0.15, 0.2) is 0 Å². The summed E-state index contributed by atoms with van der Waals surface area (Å²) in [6.45, 7) is 0. The van der Waals surface area contributed by atoms with Crippen molar-refractivity contribution < 1.29 is 19.4 Å². The lowest BCUT2D eigenvalue weighted by Crippen LogP contribution is -2.21. The Morgan fingerprint density at radius 1 is 0.812 bits per heavy atom. The summed E-state index contributed by atoms with van der Waals surface area (Å²) >= 11 is 0. The molecule has 0 saturated heterocycles. The van der Waals surface area contributed by atoms with Crippen LogP contribution in [0.1, 0.15) is 51.4 Å². The van der Waals surface area contributed by atoms with Gasteiger partial charge in [-0.05, 0) is 37.5 Å². The minimum Gasteiger partial charge on any atom is -0.247 e. The molecule has 2 fully saturated rings. The molecule has 4 nitrogen and oxygen atoms in total. The second-order valence-electron chi connectivity index (χ2n) is 4.91. The van der Waals surface area contributed by atoms with Gasteiger partial charge in [0.05, 0.1) is 12.8 Å². The molecule has 0 spiro atoms. The van der Waals surface area contributed by atoms with E-state index in [1.165, 1.54) is 12.8 Å². The lowest BCUT2D eigenvalue weighted by atomic mass is 9.83. The van der Waals surface area contributed by atoms with Crippen LogP contribution in [-0.4, -0.2) is 11.9 Å². The third kappa shape index (κ3) is 3.22. The zero-order valence-electron chi connectivity index (χ0n) is 9.44. The van der Waals surface area contributed by atoms with Crippen molar-refractivity contribution in [3.8, 4) is 0 Å². The van der Waals surface area contributed by atoms with E-state index in [-0.39, 0.29) is 0 Å². The topological polar surface area (TPSA) is 52.6 Å². The SMILES string of the molecule is O=C(CC1CCC1)OOC(=O)CC1CCC1. The van der Waals surface area contributed by atoms with E-state index in [9.17, 15) is 9.59 Å². The van der Waals surface area contributed by atoms with Crippen molar-refractivity contribution in [2.24, 2.45) is 11.8 Å². The largest absolute Gasteiger partial charge is 0.355 e. The normalized spacial score (nSPS) is 20.8. The smallest absolute Gasteiger partial charge is 0.247 e. The molecular weight excluding hydrogens is 208 g/mol. The molecule has 0 radical (unpaired) electrons. The van der Waals surface area contributed by atoms with Crippen molar-refractivity contribution in [1.82, 2.24) is 0 Å². The first-order chi connectivity index (χ1) is 7.74. The first kappa shape index (κ1) is 11.4. The van der Waals surface area contributed by atoms with Crippen LogP contribution >= 0.6 is 0 Å². The fourth-order valence-corrected chi connectivity index (χ4v) is 2.03. The third-order valence-electron chi connectivity index (χ3n) is 3.59. The molecule has 16 heavy (non-hydrogen) atoms. The van der Waals surface area contributed by atoms with E-state index in [0.29, 0.717) is 24.7 Å². The summed E-state index contributed by atoms with van der Waals surface area (Å²) in [7, 11) is 0. The third-order valence-corrected chi connectivity index (χ3v) is 3.59. The van der Waals surface area contributed by atoms with E-state index >= 15 is 0 Å². The van der Waals surface area contributed by atoms with E-state index < -0.39 is 11.9 Å². The highest BCUT2D eigenvalue weighted by Crippen LogP contribution is 2.30. The van der Waals surface area contributed by atoms with Crippen molar-refractivity contribution in [2.45, 2.75) is 51.4 Å². The predicted octanol–water partition coefficient (Wildman–Crippen LogP) is 2.37. The Balaban J connectivity index is 1.54. The standard InChI is InChI=1S/C12H18O4/c13-11(7-9-3-1-4-9)15-16-12(14)8-10-5-2-6-10/h9-10H,1-8H2. The van der Waals surface area contributed by atoms with E-state index in [2.05, 4.69) is 9.78 Å². The fourth-order valence-electron chi connectivity index (χ4n) is 2.03. The van der Waals surface area contributed by atoms with Gasteiger partial charge in [-0.15, -0.1) is 0 Å². The maximum atomic E-state index is 11.2. The van der Waals surface area contributed by atoms with Gasteiger partial charge in [0.25, 0.3) is 0 Å². The minimum atomic E-state index is -0.411. The Morgan fingerprint density at radius 2 is 1.19 bits per heavy atom. The molecule has 0 unspecified atom stereocenters. The van der Waals surface area contributed by atoms with Crippen LogP contribution in [0.5, 0.6) is 0 Å². The lowest BCUT2D eigenvalue weighted by Gasteiger charge is -2.24. The summed E-state index contributed by atoms with van der Waals surface area (Å²) in [4.78, 5) is 31.4. The zero-order valence-corrected chi connectivity index (χ0v) is 9.44. The Labute approximate surface area is 95.2 Å². The van der Waals surface area contributed by atoms with Crippen molar-refractivity contribution in [2.75, 3.05) is 0 Å². The van der Waals surface area contributed by atoms with Gasteiger partial charge in [-0.3, -0.25) is 0 Å². The molecule has 2 aliphatic carbocycles. The van der Waals surface area contributed by atoms with Gasteiger partial charge < -0.3 is 0 Å². The Morgan fingerprint density at radius 3 is 1.44 bits per heavy atom. The van der Waals surface area contributed by atoms with E-state index in [1.807, 2.05) is 0 Å². The Hall–Kier alpha value is -1.06. The average Bonchev–Trinajstić information content (AvgIpc) is 2.14. The average molecular weight is 226 g/mol. The van der Waals surface area contributed by atoms with Crippen LogP contribution in [0.25, 0.3) is 0 Å². The molecule has 0 aliphatic heterocycles. The number of carbonyl (C=O) groups excluding carboxylic acids is 2. The lowest BCUT2D eigenvalue weighted by molar-refractivity contribution is -0.261. The maximum Gasteiger partial charge on any atom is 0.355 e. The molecule has 0 aromatic heterocycles. The molecule has 0 aromatic carbocycles. The molecule has 2 aliphatic rings. The van der Waals surface area contributed by atoms with Gasteiger partial charge in [0.15, 0.2) is 0 Å². The van der Waals surface area contributed by atoms with Gasteiger partial charge in [0, 0.05) is 0 Å². The summed E-state index contributed by atoms with van der Waals surface area (Å²) in [5.74, 6) is 0.0639. The van der Waals surface area contributed by atoms with Crippen LogP contribution < -0.4 is 0 Å². The molecule has 0 bridgehead atoms. The van der Waals surface area contributed by atoms with Crippen LogP contribution in [0.2, 0.25) is 0 Å². The summed E-state index contributed by atoms with van der Waals surface area (Å²) in [6.07, 6.45) is 7.51. The fraction of sp³-hybridized carbons (Fsp3) is 0.833. The van der Waals surface area contributed by atoms with Crippen molar-refractivity contribution in [3.63, 3.8) is 0 Å². The summed E-state index contributed by atoms with van der Waals surface area (Å²) in [5.41, 5.74) is 0. The second-order valence-corrected chi connectivity index (χ2v) is 4.91.